The molecule has 0 aliphatic carbocycles. The quantitative estimate of drug-likeness (QED) is 0.662. The molecule has 0 bridgehead atoms. The number of rotatable bonds is 6. The van der Waals surface area contributed by atoms with Gasteiger partial charge in [0, 0.05) is 4.90 Å². The lowest BCUT2D eigenvalue weighted by molar-refractivity contribution is 0.745. The largest absolute Gasteiger partial charge is 0.143 e. The van der Waals surface area contributed by atoms with Crippen molar-refractivity contribution < 1.29 is 0 Å². The first-order valence-electron chi connectivity index (χ1n) is 6.51. The number of benzene rings is 1. The normalized spacial score (nSPS) is 10.8. The van der Waals surface area contributed by atoms with Crippen molar-refractivity contribution in [3.8, 4) is 0 Å². The van der Waals surface area contributed by atoms with Crippen LogP contribution in [0.5, 0.6) is 0 Å². The highest BCUT2D eigenvalue weighted by atomic mass is 32.1. The summed E-state index contributed by atoms with van der Waals surface area (Å²) in [7, 11) is 0. The van der Waals surface area contributed by atoms with Gasteiger partial charge in [0.25, 0.3) is 0 Å². The van der Waals surface area contributed by atoms with Gasteiger partial charge in [-0.05, 0) is 55.4 Å². The van der Waals surface area contributed by atoms with Gasteiger partial charge in [0.1, 0.15) is 0 Å². The molecule has 0 saturated heterocycles. The summed E-state index contributed by atoms with van der Waals surface area (Å²) < 4.78 is 0. The molecule has 0 nitrogen and oxygen atoms in total. The van der Waals surface area contributed by atoms with E-state index < -0.39 is 0 Å². The summed E-state index contributed by atoms with van der Waals surface area (Å²) in [6, 6.07) is 4.36. The predicted molar refractivity (Wildman–Crippen MR) is 75.7 cm³/mol. The Bertz CT molecular complexity index is 295. The minimum absolute atomic E-state index is 1.19. The Morgan fingerprint density at radius 1 is 0.938 bits per heavy atom. The summed E-state index contributed by atoms with van der Waals surface area (Å²) in [5.74, 6) is 0. The van der Waals surface area contributed by atoms with Crippen LogP contribution in [-0.2, 0) is 12.8 Å². The van der Waals surface area contributed by atoms with Gasteiger partial charge >= 0.3 is 0 Å². The highest BCUT2D eigenvalue weighted by molar-refractivity contribution is 7.80. The van der Waals surface area contributed by atoms with Crippen LogP contribution in [0, 0.1) is 6.92 Å². The van der Waals surface area contributed by atoms with Crippen LogP contribution in [0.1, 0.15) is 56.2 Å². The van der Waals surface area contributed by atoms with E-state index in [9.17, 15) is 0 Å². The van der Waals surface area contributed by atoms with Gasteiger partial charge in [0.05, 0.1) is 0 Å². The van der Waals surface area contributed by atoms with Crippen molar-refractivity contribution in [1.29, 1.82) is 0 Å². The Morgan fingerprint density at radius 3 is 2.06 bits per heavy atom. The molecule has 0 amide bonds. The zero-order valence-electron chi connectivity index (χ0n) is 10.8. The van der Waals surface area contributed by atoms with Gasteiger partial charge < -0.3 is 0 Å². The lowest BCUT2D eigenvalue weighted by atomic mass is 9.94. The van der Waals surface area contributed by atoms with Crippen LogP contribution in [0.25, 0.3) is 0 Å². The van der Waals surface area contributed by atoms with Crippen molar-refractivity contribution in [2.75, 3.05) is 0 Å². The third-order valence-corrected chi connectivity index (χ3v) is 3.62. The van der Waals surface area contributed by atoms with E-state index in [0.717, 1.165) is 0 Å². The van der Waals surface area contributed by atoms with E-state index in [-0.39, 0.29) is 0 Å². The van der Waals surface area contributed by atoms with Crippen LogP contribution in [-0.4, -0.2) is 0 Å². The van der Waals surface area contributed by atoms with Crippen LogP contribution in [0.3, 0.4) is 0 Å². The highest BCUT2D eigenvalue weighted by Crippen LogP contribution is 2.25. The fourth-order valence-electron chi connectivity index (χ4n) is 2.13. The molecule has 1 heteroatoms. The molecule has 0 heterocycles. The van der Waals surface area contributed by atoms with E-state index >= 15 is 0 Å². The van der Waals surface area contributed by atoms with Crippen LogP contribution in [0.15, 0.2) is 17.0 Å². The maximum Gasteiger partial charge on any atom is 0.00749 e. The summed E-state index contributed by atoms with van der Waals surface area (Å²) in [6.07, 6.45) is 7.50. The van der Waals surface area contributed by atoms with Crippen molar-refractivity contribution in [3.05, 3.63) is 28.8 Å². The van der Waals surface area contributed by atoms with Crippen molar-refractivity contribution >= 4 is 12.6 Å². The summed E-state index contributed by atoms with van der Waals surface area (Å²) in [5.41, 5.74) is 4.50. The van der Waals surface area contributed by atoms with Gasteiger partial charge in [0.15, 0.2) is 0 Å². The molecule has 0 aliphatic heterocycles. The lowest BCUT2D eigenvalue weighted by Crippen LogP contribution is -1.99. The van der Waals surface area contributed by atoms with Gasteiger partial charge in [-0.15, -0.1) is 12.6 Å². The fraction of sp³-hybridized carbons (Fsp3) is 0.600. The molecule has 90 valence electrons. The third kappa shape index (κ3) is 3.55. The third-order valence-electron chi connectivity index (χ3n) is 3.20. The first-order chi connectivity index (χ1) is 7.70. The van der Waals surface area contributed by atoms with E-state index in [1.54, 1.807) is 5.56 Å². The van der Waals surface area contributed by atoms with Crippen molar-refractivity contribution in [1.82, 2.24) is 0 Å². The average molecular weight is 236 g/mol. The van der Waals surface area contributed by atoms with Crippen molar-refractivity contribution in [3.63, 3.8) is 0 Å². The van der Waals surface area contributed by atoms with Gasteiger partial charge in [-0.25, -0.2) is 0 Å². The van der Waals surface area contributed by atoms with E-state index in [4.69, 9.17) is 0 Å². The molecule has 0 unspecified atom stereocenters. The minimum Gasteiger partial charge on any atom is -0.143 e. The first-order valence-corrected chi connectivity index (χ1v) is 6.95. The molecular formula is C15H24S. The lowest BCUT2D eigenvalue weighted by Gasteiger charge is -2.14. The highest BCUT2D eigenvalue weighted by Gasteiger charge is 2.08. The topological polar surface area (TPSA) is 0 Å². The van der Waals surface area contributed by atoms with Crippen molar-refractivity contribution in [2.45, 2.75) is 64.2 Å². The molecule has 0 aromatic heterocycles. The van der Waals surface area contributed by atoms with E-state index in [1.165, 1.54) is 54.5 Å². The summed E-state index contributed by atoms with van der Waals surface area (Å²) in [5, 5.41) is 0. The molecule has 0 atom stereocenters. The summed E-state index contributed by atoms with van der Waals surface area (Å²) in [4.78, 5) is 1.19. The molecule has 16 heavy (non-hydrogen) atoms. The minimum atomic E-state index is 1.19. The SMILES string of the molecule is CCCCc1c(C)ccc(S)c1CCCC. The second-order valence-electron chi connectivity index (χ2n) is 4.57. The first kappa shape index (κ1) is 13.6. The predicted octanol–water partition coefficient (Wildman–Crippen LogP) is 4.97. The Kier molecular flexibility index (Phi) is 5.97. The molecule has 0 N–H and O–H groups in total. The molecule has 0 aliphatic rings. The molecule has 0 radical (unpaired) electrons. The van der Waals surface area contributed by atoms with Gasteiger partial charge in [0.2, 0.25) is 0 Å². The monoisotopic (exact) mass is 236 g/mol. The van der Waals surface area contributed by atoms with Crippen LogP contribution >= 0.6 is 12.6 Å². The Balaban J connectivity index is 2.94. The number of aryl methyl sites for hydroxylation is 1. The number of hydrogen-bond donors (Lipinski definition) is 1. The number of hydrogen-bond acceptors (Lipinski definition) is 1. The van der Waals surface area contributed by atoms with Crippen LogP contribution < -0.4 is 0 Å². The standard InChI is InChI=1S/C15H24S/c1-4-6-8-13-12(3)10-11-15(16)14(13)9-7-5-2/h10-11,16H,4-9H2,1-3H3. The number of thiol groups is 1. The molecule has 1 aromatic carbocycles. The van der Waals surface area contributed by atoms with Crippen LogP contribution in [0.4, 0.5) is 0 Å². The Labute approximate surface area is 106 Å². The van der Waals surface area contributed by atoms with E-state index in [0.29, 0.717) is 0 Å². The van der Waals surface area contributed by atoms with Gasteiger partial charge in [-0.2, -0.15) is 0 Å². The second-order valence-corrected chi connectivity index (χ2v) is 5.05. The molecule has 0 saturated carbocycles. The molecular weight excluding hydrogens is 212 g/mol. The molecule has 1 aromatic rings. The zero-order valence-corrected chi connectivity index (χ0v) is 11.7. The average Bonchev–Trinajstić information content (AvgIpc) is 2.29. The second kappa shape index (κ2) is 7.01. The fourth-order valence-corrected chi connectivity index (χ4v) is 2.45. The van der Waals surface area contributed by atoms with Gasteiger partial charge in [-0.3, -0.25) is 0 Å². The number of unbranched alkanes of at least 4 members (excludes halogenated alkanes) is 2. The van der Waals surface area contributed by atoms with Gasteiger partial charge in [-0.1, -0.05) is 32.8 Å². The van der Waals surface area contributed by atoms with Crippen LogP contribution in [0.2, 0.25) is 0 Å². The zero-order chi connectivity index (χ0) is 12.0. The Hall–Kier alpha value is -0.430. The van der Waals surface area contributed by atoms with E-state index in [2.05, 4.69) is 45.5 Å². The Morgan fingerprint density at radius 2 is 1.50 bits per heavy atom. The summed E-state index contributed by atoms with van der Waals surface area (Å²) in [6.45, 7) is 6.74. The summed E-state index contributed by atoms with van der Waals surface area (Å²) >= 11 is 4.61. The maximum atomic E-state index is 4.61. The molecule has 0 spiro atoms. The molecule has 1 rings (SSSR count). The van der Waals surface area contributed by atoms with Crippen molar-refractivity contribution in [2.24, 2.45) is 0 Å². The smallest absolute Gasteiger partial charge is 0.00749 e. The van der Waals surface area contributed by atoms with E-state index in [1.807, 2.05) is 0 Å². The molecule has 0 fully saturated rings. The maximum absolute atomic E-state index is 4.61.